The number of carboxylic acid groups (broad SMARTS) is 1. The monoisotopic (exact) mass is 220 g/mol. The molecule has 0 aromatic heterocycles. The lowest BCUT2D eigenvalue weighted by atomic mass is 9.98. The van der Waals surface area contributed by atoms with E-state index in [1.807, 2.05) is 6.07 Å². The highest BCUT2D eigenvalue weighted by Crippen LogP contribution is 2.25. The van der Waals surface area contributed by atoms with Crippen LogP contribution in [0.1, 0.15) is 28.4 Å². The van der Waals surface area contributed by atoms with Crippen molar-refractivity contribution in [3.8, 4) is 6.07 Å². The summed E-state index contributed by atoms with van der Waals surface area (Å²) in [6.07, 6.45) is 0.256. The highest BCUT2D eigenvalue weighted by molar-refractivity contribution is 5.94. The first-order valence-electron chi connectivity index (χ1n) is 4.46. The van der Waals surface area contributed by atoms with Crippen molar-refractivity contribution in [2.45, 2.75) is 13.3 Å². The van der Waals surface area contributed by atoms with Crippen molar-refractivity contribution >= 4 is 11.7 Å². The highest BCUT2D eigenvalue weighted by atomic mass is 16.6. The zero-order chi connectivity index (χ0) is 12.3. The second kappa shape index (κ2) is 4.40. The average Bonchev–Trinajstić information content (AvgIpc) is 2.26. The minimum atomic E-state index is -1.39. The SMILES string of the molecule is CCc1c(C#N)ccc([N+](=O)[O-])c1C(=O)O. The molecule has 6 heteroatoms. The van der Waals surface area contributed by atoms with Crippen molar-refractivity contribution in [3.63, 3.8) is 0 Å². The molecule has 82 valence electrons. The van der Waals surface area contributed by atoms with Crippen LogP contribution >= 0.6 is 0 Å². The summed E-state index contributed by atoms with van der Waals surface area (Å²) in [5.41, 5.74) is -0.524. The van der Waals surface area contributed by atoms with Gasteiger partial charge in [-0.3, -0.25) is 10.1 Å². The molecule has 0 heterocycles. The molecule has 6 nitrogen and oxygen atoms in total. The molecule has 0 fully saturated rings. The Bertz CT molecular complexity index is 502. The summed E-state index contributed by atoms with van der Waals surface area (Å²) in [6, 6.07) is 4.13. The van der Waals surface area contributed by atoms with Gasteiger partial charge in [-0.2, -0.15) is 5.26 Å². The van der Waals surface area contributed by atoms with Gasteiger partial charge >= 0.3 is 5.97 Å². The van der Waals surface area contributed by atoms with E-state index in [4.69, 9.17) is 10.4 Å². The number of nitrogens with zero attached hydrogens (tertiary/aromatic N) is 2. The Morgan fingerprint density at radius 2 is 2.25 bits per heavy atom. The van der Waals surface area contributed by atoms with Gasteiger partial charge in [0.2, 0.25) is 0 Å². The van der Waals surface area contributed by atoms with Gasteiger partial charge in [0.25, 0.3) is 5.69 Å². The van der Waals surface area contributed by atoms with Crippen molar-refractivity contribution in [2.75, 3.05) is 0 Å². The maximum absolute atomic E-state index is 11.0. The molecule has 0 spiro atoms. The molecule has 1 aromatic carbocycles. The molecule has 0 amide bonds. The molecule has 1 aromatic rings. The molecule has 0 bridgehead atoms. The van der Waals surface area contributed by atoms with Crippen LogP contribution in [0, 0.1) is 21.4 Å². The summed E-state index contributed by atoms with van der Waals surface area (Å²) >= 11 is 0. The summed E-state index contributed by atoms with van der Waals surface area (Å²) in [7, 11) is 0. The van der Waals surface area contributed by atoms with Crippen LogP contribution in [0.2, 0.25) is 0 Å². The van der Waals surface area contributed by atoms with Crippen LogP contribution in [-0.2, 0) is 6.42 Å². The van der Waals surface area contributed by atoms with E-state index in [0.717, 1.165) is 6.07 Å². The van der Waals surface area contributed by atoms with E-state index < -0.39 is 22.1 Å². The number of carbonyl (C=O) groups is 1. The molecule has 0 aliphatic heterocycles. The van der Waals surface area contributed by atoms with E-state index in [0.29, 0.717) is 0 Å². The summed E-state index contributed by atoms with van der Waals surface area (Å²) in [5, 5.41) is 28.4. The molecule has 0 aliphatic carbocycles. The average molecular weight is 220 g/mol. The molecule has 16 heavy (non-hydrogen) atoms. The fourth-order valence-electron chi connectivity index (χ4n) is 1.50. The Labute approximate surface area is 90.9 Å². The third-order valence-corrected chi connectivity index (χ3v) is 2.18. The second-order valence-corrected chi connectivity index (χ2v) is 3.01. The third-order valence-electron chi connectivity index (χ3n) is 2.18. The quantitative estimate of drug-likeness (QED) is 0.616. The van der Waals surface area contributed by atoms with Crippen LogP contribution in [-0.4, -0.2) is 16.0 Å². The zero-order valence-corrected chi connectivity index (χ0v) is 8.43. The first-order chi connectivity index (χ1) is 7.52. The van der Waals surface area contributed by atoms with Crippen molar-refractivity contribution in [3.05, 3.63) is 38.9 Å². The van der Waals surface area contributed by atoms with Crippen LogP contribution < -0.4 is 0 Å². The summed E-state index contributed by atoms with van der Waals surface area (Å²) in [4.78, 5) is 20.9. The lowest BCUT2D eigenvalue weighted by molar-refractivity contribution is -0.385. The largest absolute Gasteiger partial charge is 0.477 e. The summed E-state index contributed by atoms with van der Waals surface area (Å²) in [6.45, 7) is 1.65. The second-order valence-electron chi connectivity index (χ2n) is 3.01. The molecule has 1 N–H and O–H groups in total. The van der Waals surface area contributed by atoms with Crippen LogP contribution in [0.25, 0.3) is 0 Å². The minimum Gasteiger partial charge on any atom is -0.477 e. The van der Waals surface area contributed by atoms with Crippen molar-refractivity contribution in [1.82, 2.24) is 0 Å². The van der Waals surface area contributed by atoms with Gasteiger partial charge in [0.1, 0.15) is 5.56 Å². The van der Waals surface area contributed by atoms with E-state index in [1.165, 1.54) is 6.07 Å². The Hall–Kier alpha value is -2.42. The summed E-state index contributed by atoms with van der Waals surface area (Å²) in [5.74, 6) is -1.39. The number of carboxylic acids is 1. The van der Waals surface area contributed by atoms with Gasteiger partial charge in [-0.1, -0.05) is 6.92 Å². The van der Waals surface area contributed by atoms with Crippen molar-refractivity contribution in [1.29, 1.82) is 5.26 Å². The van der Waals surface area contributed by atoms with E-state index >= 15 is 0 Å². The minimum absolute atomic E-state index is 0.158. The van der Waals surface area contributed by atoms with Gasteiger partial charge in [-0.05, 0) is 18.1 Å². The van der Waals surface area contributed by atoms with E-state index in [9.17, 15) is 14.9 Å². The smallest absolute Gasteiger partial charge is 0.343 e. The zero-order valence-electron chi connectivity index (χ0n) is 8.43. The first kappa shape index (κ1) is 11.7. The fraction of sp³-hybridized carbons (Fsp3) is 0.200. The first-order valence-corrected chi connectivity index (χ1v) is 4.46. The molecule has 0 unspecified atom stereocenters. The Morgan fingerprint density at radius 3 is 2.62 bits per heavy atom. The number of aromatic carboxylic acids is 1. The predicted octanol–water partition coefficient (Wildman–Crippen LogP) is 1.73. The van der Waals surface area contributed by atoms with Gasteiger partial charge in [0.15, 0.2) is 0 Å². The van der Waals surface area contributed by atoms with Gasteiger partial charge in [0, 0.05) is 6.07 Å². The highest BCUT2D eigenvalue weighted by Gasteiger charge is 2.25. The van der Waals surface area contributed by atoms with E-state index in [-0.39, 0.29) is 17.5 Å². The predicted molar refractivity (Wildman–Crippen MR) is 54.1 cm³/mol. The molecule has 0 aliphatic rings. The van der Waals surface area contributed by atoms with E-state index in [1.54, 1.807) is 6.92 Å². The third kappa shape index (κ3) is 1.83. The molecule has 0 saturated carbocycles. The van der Waals surface area contributed by atoms with Gasteiger partial charge in [-0.25, -0.2) is 4.79 Å². The Morgan fingerprint density at radius 1 is 1.62 bits per heavy atom. The van der Waals surface area contributed by atoms with Crippen molar-refractivity contribution in [2.24, 2.45) is 0 Å². The lowest BCUT2D eigenvalue weighted by Gasteiger charge is -2.05. The summed E-state index contributed by atoms with van der Waals surface area (Å²) < 4.78 is 0. The molecular weight excluding hydrogens is 212 g/mol. The van der Waals surface area contributed by atoms with Gasteiger partial charge in [0.05, 0.1) is 16.6 Å². The number of nitro groups is 1. The molecule has 0 saturated heterocycles. The number of benzene rings is 1. The topological polar surface area (TPSA) is 104 Å². The molecular formula is C10H8N2O4. The molecule has 0 atom stereocenters. The normalized spacial score (nSPS) is 9.50. The van der Waals surface area contributed by atoms with Gasteiger partial charge in [-0.15, -0.1) is 0 Å². The van der Waals surface area contributed by atoms with Crippen LogP contribution in [0.4, 0.5) is 5.69 Å². The van der Waals surface area contributed by atoms with Crippen LogP contribution in [0.5, 0.6) is 0 Å². The van der Waals surface area contributed by atoms with Gasteiger partial charge < -0.3 is 5.11 Å². The molecule has 0 radical (unpaired) electrons. The molecule has 1 rings (SSSR count). The maximum Gasteiger partial charge on any atom is 0.343 e. The van der Waals surface area contributed by atoms with Crippen molar-refractivity contribution < 1.29 is 14.8 Å². The number of hydrogen-bond donors (Lipinski definition) is 1. The standard InChI is InChI=1S/C10H8N2O4/c1-2-7-6(5-11)3-4-8(12(15)16)9(7)10(13)14/h3-4H,2H2,1H3,(H,13,14). The number of rotatable bonds is 3. The van der Waals surface area contributed by atoms with Crippen LogP contribution in [0.15, 0.2) is 12.1 Å². The lowest BCUT2D eigenvalue weighted by Crippen LogP contribution is -2.08. The van der Waals surface area contributed by atoms with Crippen LogP contribution in [0.3, 0.4) is 0 Å². The van der Waals surface area contributed by atoms with E-state index in [2.05, 4.69) is 0 Å². The Balaban J connectivity index is 3.65. The number of nitriles is 1. The maximum atomic E-state index is 11.0. The number of hydrogen-bond acceptors (Lipinski definition) is 4. The Kier molecular flexibility index (Phi) is 3.20. The fourth-order valence-corrected chi connectivity index (χ4v) is 1.50. The number of nitro benzene ring substituents is 1.